The Kier molecular flexibility index (Phi) is 3.74. The lowest BCUT2D eigenvalue weighted by atomic mass is 9.99. The van der Waals surface area contributed by atoms with E-state index in [9.17, 15) is 4.79 Å². The van der Waals surface area contributed by atoms with Gasteiger partial charge in [0.15, 0.2) is 5.60 Å². The van der Waals surface area contributed by atoms with Gasteiger partial charge in [-0.05, 0) is 25.1 Å². The SMILES string of the molecule is C=CCC1(CN(C)c2ccc(C)cc2)C=CC(=O)O1. The first-order chi connectivity index (χ1) is 9.04. The third-order valence-electron chi connectivity index (χ3n) is 3.30. The molecule has 0 fully saturated rings. The maximum absolute atomic E-state index is 11.3. The van der Waals surface area contributed by atoms with Crippen molar-refractivity contribution in [1.29, 1.82) is 0 Å². The number of rotatable bonds is 5. The van der Waals surface area contributed by atoms with Crippen molar-refractivity contribution in [3.05, 3.63) is 54.6 Å². The molecule has 0 aromatic heterocycles. The van der Waals surface area contributed by atoms with Gasteiger partial charge >= 0.3 is 5.97 Å². The van der Waals surface area contributed by atoms with Crippen LogP contribution in [0.1, 0.15) is 12.0 Å². The van der Waals surface area contributed by atoms with E-state index < -0.39 is 5.60 Å². The monoisotopic (exact) mass is 257 g/mol. The van der Waals surface area contributed by atoms with Crippen molar-refractivity contribution in [3.63, 3.8) is 0 Å². The van der Waals surface area contributed by atoms with Gasteiger partial charge in [-0.2, -0.15) is 0 Å². The summed E-state index contributed by atoms with van der Waals surface area (Å²) in [7, 11) is 2.00. The quantitative estimate of drug-likeness (QED) is 0.600. The molecule has 2 rings (SSSR count). The first kappa shape index (κ1) is 13.4. The Morgan fingerprint density at radius 1 is 1.37 bits per heavy atom. The Morgan fingerprint density at radius 2 is 2.05 bits per heavy atom. The Hall–Kier alpha value is -2.03. The molecule has 1 unspecified atom stereocenters. The average molecular weight is 257 g/mol. The topological polar surface area (TPSA) is 29.5 Å². The molecular formula is C16H19NO2. The van der Waals surface area contributed by atoms with Gasteiger partial charge in [0.05, 0.1) is 6.54 Å². The molecule has 1 aromatic carbocycles. The van der Waals surface area contributed by atoms with Crippen LogP contribution in [0.5, 0.6) is 0 Å². The molecule has 0 aliphatic carbocycles. The summed E-state index contributed by atoms with van der Waals surface area (Å²) in [5.74, 6) is -0.279. The zero-order valence-electron chi connectivity index (χ0n) is 11.4. The van der Waals surface area contributed by atoms with Crippen molar-refractivity contribution in [3.8, 4) is 0 Å². The number of anilines is 1. The van der Waals surface area contributed by atoms with Gasteiger partial charge in [-0.1, -0.05) is 23.8 Å². The zero-order valence-corrected chi connectivity index (χ0v) is 11.4. The van der Waals surface area contributed by atoms with Crippen LogP contribution in [0, 0.1) is 6.92 Å². The molecule has 19 heavy (non-hydrogen) atoms. The van der Waals surface area contributed by atoms with Gasteiger partial charge < -0.3 is 9.64 Å². The van der Waals surface area contributed by atoms with E-state index in [1.54, 1.807) is 6.08 Å². The highest BCUT2D eigenvalue weighted by Crippen LogP contribution is 2.27. The predicted octanol–water partition coefficient (Wildman–Crippen LogP) is 2.86. The molecule has 3 heteroatoms. The van der Waals surface area contributed by atoms with Crippen molar-refractivity contribution < 1.29 is 9.53 Å². The number of carbonyl (C=O) groups is 1. The van der Waals surface area contributed by atoms with Crippen LogP contribution in [-0.2, 0) is 9.53 Å². The van der Waals surface area contributed by atoms with Crippen molar-refractivity contribution >= 4 is 11.7 Å². The van der Waals surface area contributed by atoms with Gasteiger partial charge in [0, 0.05) is 25.2 Å². The predicted molar refractivity (Wildman–Crippen MR) is 77.2 cm³/mol. The smallest absolute Gasteiger partial charge is 0.331 e. The van der Waals surface area contributed by atoms with Crippen LogP contribution in [0.3, 0.4) is 0 Å². The van der Waals surface area contributed by atoms with Crippen molar-refractivity contribution in [2.24, 2.45) is 0 Å². The molecule has 1 heterocycles. The van der Waals surface area contributed by atoms with Crippen LogP contribution < -0.4 is 4.90 Å². The number of esters is 1. The van der Waals surface area contributed by atoms with Gasteiger partial charge in [-0.3, -0.25) is 0 Å². The summed E-state index contributed by atoms with van der Waals surface area (Å²) in [5, 5.41) is 0. The molecule has 1 aliphatic heterocycles. The molecule has 0 spiro atoms. The van der Waals surface area contributed by atoms with E-state index in [1.165, 1.54) is 11.6 Å². The third-order valence-corrected chi connectivity index (χ3v) is 3.30. The first-order valence-electron chi connectivity index (χ1n) is 6.36. The number of aryl methyl sites for hydroxylation is 1. The molecule has 1 atom stereocenters. The largest absolute Gasteiger partial charge is 0.449 e. The summed E-state index contributed by atoms with van der Waals surface area (Å²) in [6.07, 6.45) is 5.73. The lowest BCUT2D eigenvalue weighted by Crippen LogP contribution is -2.41. The van der Waals surface area contributed by atoms with Gasteiger partial charge in [-0.15, -0.1) is 6.58 Å². The molecule has 1 aromatic rings. The third kappa shape index (κ3) is 3.05. The molecule has 100 valence electrons. The fourth-order valence-corrected chi connectivity index (χ4v) is 2.28. The van der Waals surface area contributed by atoms with Crippen molar-refractivity contribution in [2.75, 3.05) is 18.5 Å². The Balaban J connectivity index is 2.13. The number of hydrogen-bond donors (Lipinski definition) is 0. The van der Waals surface area contributed by atoms with Crippen LogP contribution in [0.25, 0.3) is 0 Å². The minimum Gasteiger partial charge on any atom is -0.449 e. The molecule has 3 nitrogen and oxygen atoms in total. The number of hydrogen-bond acceptors (Lipinski definition) is 3. The fraction of sp³-hybridized carbons (Fsp3) is 0.312. The summed E-state index contributed by atoms with van der Waals surface area (Å²) in [5.41, 5.74) is 1.74. The minimum absolute atomic E-state index is 0.279. The number of ether oxygens (including phenoxy) is 1. The van der Waals surface area contributed by atoms with Crippen molar-refractivity contribution in [1.82, 2.24) is 0 Å². The van der Waals surface area contributed by atoms with Crippen LogP contribution >= 0.6 is 0 Å². The number of cyclic esters (lactones) is 1. The molecular weight excluding hydrogens is 238 g/mol. The Morgan fingerprint density at radius 3 is 2.58 bits per heavy atom. The van der Waals surface area contributed by atoms with Crippen LogP contribution in [0.15, 0.2) is 49.1 Å². The van der Waals surface area contributed by atoms with E-state index in [0.717, 1.165) is 5.69 Å². The molecule has 0 N–H and O–H groups in total. The van der Waals surface area contributed by atoms with Gasteiger partial charge in [0.2, 0.25) is 0 Å². The van der Waals surface area contributed by atoms with Crippen molar-refractivity contribution in [2.45, 2.75) is 18.9 Å². The zero-order chi connectivity index (χ0) is 13.9. The molecule has 0 radical (unpaired) electrons. The van der Waals surface area contributed by atoms with Crippen LogP contribution in [0.4, 0.5) is 5.69 Å². The van der Waals surface area contributed by atoms with E-state index in [-0.39, 0.29) is 5.97 Å². The normalized spacial score (nSPS) is 21.3. The summed E-state index contributed by atoms with van der Waals surface area (Å²) in [6.45, 7) is 6.42. The molecule has 1 aliphatic rings. The molecule has 0 amide bonds. The highest BCUT2D eigenvalue weighted by Gasteiger charge is 2.35. The lowest BCUT2D eigenvalue weighted by molar-refractivity contribution is -0.144. The fourth-order valence-electron chi connectivity index (χ4n) is 2.28. The van der Waals surface area contributed by atoms with E-state index in [2.05, 4.69) is 42.7 Å². The number of nitrogens with zero attached hydrogens (tertiary/aromatic N) is 1. The Bertz CT molecular complexity index is 504. The minimum atomic E-state index is -0.585. The standard InChI is InChI=1S/C16H19NO2/c1-4-10-16(11-9-15(18)19-16)12-17(3)14-7-5-13(2)6-8-14/h4-9,11H,1,10,12H2,2-3H3. The molecule has 0 saturated heterocycles. The second-order valence-corrected chi connectivity index (χ2v) is 5.00. The maximum atomic E-state index is 11.3. The van der Waals surface area contributed by atoms with Gasteiger partial charge in [0.25, 0.3) is 0 Å². The number of likely N-dealkylation sites (N-methyl/N-ethyl adjacent to an activating group) is 1. The molecule has 0 bridgehead atoms. The second-order valence-electron chi connectivity index (χ2n) is 5.00. The lowest BCUT2D eigenvalue weighted by Gasteiger charge is -2.31. The number of benzene rings is 1. The summed E-state index contributed by atoms with van der Waals surface area (Å²) in [6, 6.07) is 8.28. The van der Waals surface area contributed by atoms with E-state index >= 15 is 0 Å². The highest BCUT2D eigenvalue weighted by atomic mass is 16.6. The van der Waals surface area contributed by atoms with E-state index in [4.69, 9.17) is 4.74 Å². The number of carbonyl (C=O) groups excluding carboxylic acids is 1. The molecule has 0 saturated carbocycles. The average Bonchev–Trinajstić information content (AvgIpc) is 2.72. The van der Waals surface area contributed by atoms with Gasteiger partial charge in [0.1, 0.15) is 0 Å². The second kappa shape index (κ2) is 5.31. The summed E-state index contributed by atoms with van der Waals surface area (Å²) < 4.78 is 5.44. The van der Waals surface area contributed by atoms with Crippen LogP contribution in [0.2, 0.25) is 0 Å². The Labute approximate surface area is 114 Å². The van der Waals surface area contributed by atoms with E-state index in [1.807, 2.05) is 13.1 Å². The van der Waals surface area contributed by atoms with E-state index in [0.29, 0.717) is 13.0 Å². The van der Waals surface area contributed by atoms with Crippen LogP contribution in [-0.4, -0.2) is 25.2 Å². The summed E-state index contributed by atoms with van der Waals surface area (Å²) in [4.78, 5) is 13.4. The van der Waals surface area contributed by atoms with Gasteiger partial charge in [-0.25, -0.2) is 4.79 Å². The maximum Gasteiger partial charge on any atom is 0.331 e. The first-order valence-corrected chi connectivity index (χ1v) is 6.36. The summed E-state index contributed by atoms with van der Waals surface area (Å²) >= 11 is 0. The highest BCUT2D eigenvalue weighted by molar-refractivity contribution is 5.85.